The molecular weight excluding hydrogens is 369 g/mol. The fourth-order valence-electron chi connectivity index (χ4n) is 1.74. The number of hydrogen-bond acceptors (Lipinski definition) is 5. The van der Waals surface area contributed by atoms with Crippen molar-refractivity contribution < 1.29 is 13.2 Å². The molecular formula is C12H21Cl2N3O3S2. The summed E-state index contributed by atoms with van der Waals surface area (Å²) in [4.78, 5) is 11.8. The average molecular weight is 390 g/mol. The predicted molar refractivity (Wildman–Crippen MR) is 92.2 cm³/mol. The summed E-state index contributed by atoms with van der Waals surface area (Å²) in [6, 6.07) is 2.74. The second kappa shape index (κ2) is 9.69. The second-order valence-corrected chi connectivity index (χ2v) is 8.72. The summed E-state index contributed by atoms with van der Waals surface area (Å²) in [7, 11) is -3.71. The predicted octanol–water partition coefficient (Wildman–Crippen LogP) is 1.59. The van der Waals surface area contributed by atoms with Crippen molar-refractivity contribution in [1.82, 2.24) is 10.0 Å². The molecule has 0 aromatic carbocycles. The molecule has 1 aromatic heterocycles. The van der Waals surface area contributed by atoms with Gasteiger partial charge in [0.15, 0.2) is 0 Å². The molecule has 10 heteroatoms. The molecule has 0 saturated carbocycles. The van der Waals surface area contributed by atoms with Crippen molar-refractivity contribution in [2.45, 2.75) is 30.5 Å². The Morgan fingerprint density at radius 2 is 2.05 bits per heavy atom. The monoisotopic (exact) mass is 389 g/mol. The largest absolute Gasteiger partial charge is 0.351 e. The van der Waals surface area contributed by atoms with Gasteiger partial charge in [0, 0.05) is 12.6 Å². The first-order chi connectivity index (χ1) is 9.74. The molecule has 22 heavy (non-hydrogen) atoms. The van der Waals surface area contributed by atoms with Gasteiger partial charge in [-0.15, -0.1) is 23.7 Å². The number of carbonyl (C=O) groups excluding carboxylic acids is 1. The van der Waals surface area contributed by atoms with Crippen LogP contribution in [0, 0.1) is 5.92 Å². The zero-order chi connectivity index (χ0) is 16.0. The molecule has 0 saturated heterocycles. The molecule has 0 radical (unpaired) electrons. The Bertz CT molecular complexity index is 576. The average Bonchev–Trinajstić information content (AvgIpc) is 2.82. The van der Waals surface area contributed by atoms with Crippen LogP contribution in [0.15, 0.2) is 16.3 Å². The lowest BCUT2D eigenvalue weighted by atomic mass is 10.0. The van der Waals surface area contributed by atoms with Crippen LogP contribution in [0.1, 0.15) is 20.3 Å². The number of sulfonamides is 1. The van der Waals surface area contributed by atoms with Crippen LogP contribution in [-0.2, 0) is 14.8 Å². The normalized spacial score (nSPS) is 12.8. The van der Waals surface area contributed by atoms with Gasteiger partial charge in [0.2, 0.25) is 5.91 Å². The fourth-order valence-corrected chi connectivity index (χ4v) is 4.25. The van der Waals surface area contributed by atoms with Gasteiger partial charge >= 0.3 is 0 Å². The van der Waals surface area contributed by atoms with Crippen molar-refractivity contribution in [2.75, 3.05) is 13.1 Å². The Morgan fingerprint density at radius 1 is 1.41 bits per heavy atom. The van der Waals surface area contributed by atoms with Gasteiger partial charge in [-0.1, -0.05) is 25.4 Å². The molecule has 1 atom stereocenters. The van der Waals surface area contributed by atoms with Gasteiger partial charge in [-0.3, -0.25) is 4.79 Å². The van der Waals surface area contributed by atoms with Gasteiger partial charge in [0.1, 0.15) is 4.21 Å². The number of halogens is 2. The van der Waals surface area contributed by atoms with Gasteiger partial charge in [0.05, 0.1) is 10.9 Å². The van der Waals surface area contributed by atoms with E-state index in [0.717, 1.165) is 17.8 Å². The Hall–Kier alpha value is -0.380. The van der Waals surface area contributed by atoms with Crippen molar-refractivity contribution in [3.8, 4) is 0 Å². The maximum Gasteiger partial charge on any atom is 0.250 e. The number of hydrogen-bond donors (Lipinski definition) is 3. The smallest absolute Gasteiger partial charge is 0.250 e. The molecule has 0 spiro atoms. The van der Waals surface area contributed by atoms with Crippen LogP contribution >= 0.6 is 35.3 Å². The summed E-state index contributed by atoms with van der Waals surface area (Å²) in [5, 5.41) is 2.71. The molecule has 1 heterocycles. The molecule has 0 bridgehead atoms. The van der Waals surface area contributed by atoms with E-state index < -0.39 is 15.9 Å². The molecule has 0 fully saturated rings. The van der Waals surface area contributed by atoms with Crippen molar-refractivity contribution in [1.29, 1.82) is 0 Å². The van der Waals surface area contributed by atoms with Crippen LogP contribution in [0.2, 0.25) is 4.34 Å². The summed E-state index contributed by atoms with van der Waals surface area (Å²) >= 11 is 6.63. The van der Waals surface area contributed by atoms with Crippen LogP contribution in [0.5, 0.6) is 0 Å². The lowest BCUT2D eigenvalue weighted by molar-refractivity contribution is -0.120. The molecule has 0 aliphatic rings. The van der Waals surface area contributed by atoms with E-state index in [4.69, 9.17) is 17.3 Å². The van der Waals surface area contributed by atoms with E-state index in [-0.39, 0.29) is 29.2 Å². The van der Waals surface area contributed by atoms with Crippen LogP contribution in [0.25, 0.3) is 0 Å². The van der Waals surface area contributed by atoms with E-state index in [1.54, 1.807) is 0 Å². The third-order valence-electron chi connectivity index (χ3n) is 2.64. The molecule has 4 N–H and O–H groups in total. The van der Waals surface area contributed by atoms with Crippen LogP contribution in [0.4, 0.5) is 0 Å². The van der Waals surface area contributed by atoms with Crippen molar-refractivity contribution >= 4 is 51.3 Å². The lowest BCUT2D eigenvalue weighted by Crippen LogP contribution is -2.45. The number of rotatable bonds is 8. The number of thiophene rings is 1. The second-order valence-electron chi connectivity index (χ2n) is 5.01. The number of nitrogens with one attached hydrogen (secondary N) is 2. The first-order valence-electron chi connectivity index (χ1n) is 6.49. The maximum absolute atomic E-state index is 11.9. The highest BCUT2D eigenvalue weighted by molar-refractivity contribution is 7.91. The fraction of sp³-hybridized carbons (Fsp3) is 0.583. The maximum atomic E-state index is 11.9. The summed E-state index contributed by atoms with van der Waals surface area (Å²) in [6.45, 7) is 4.04. The zero-order valence-electron chi connectivity index (χ0n) is 12.3. The molecule has 1 amide bonds. The Morgan fingerprint density at radius 3 is 2.50 bits per heavy atom. The van der Waals surface area contributed by atoms with E-state index >= 15 is 0 Å². The molecule has 1 aromatic rings. The minimum absolute atomic E-state index is 0. The Balaban J connectivity index is 0.00000441. The van der Waals surface area contributed by atoms with Gasteiger partial charge < -0.3 is 11.1 Å². The quantitative estimate of drug-likeness (QED) is 0.627. The van der Waals surface area contributed by atoms with E-state index in [2.05, 4.69) is 10.0 Å². The third kappa shape index (κ3) is 7.26. The van der Waals surface area contributed by atoms with Crippen molar-refractivity contribution in [3.63, 3.8) is 0 Å². The van der Waals surface area contributed by atoms with Crippen LogP contribution < -0.4 is 15.8 Å². The third-order valence-corrected chi connectivity index (χ3v) is 5.77. The molecule has 1 rings (SSSR count). The van der Waals surface area contributed by atoms with E-state index in [1.807, 2.05) is 13.8 Å². The van der Waals surface area contributed by atoms with Gasteiger partial charge in [-0.25, -0.2) is 13.1 Å². The van der Waals surface area contributed by atoms with Gasteiger partial charge in [0.25, 0.3) is 10.0 Å². The topological polar surface area (TPSA) is 101 Å². The number of nitrogens with two attached hydrogens (primary N) is 1. The SMILES string of the molecule is CC(C)CC(CN)NC(=O)CNS(=O)(=O)c1ccc(Cl)s1.Cl. The first-order valence-corrected chi connectivity index (χ1v) is 9.16. The van der Waals surface area contributed by atoms with E-state index in [9.17, 15) is 13.2 Å². The first kappa shape index (κ1) is 21.6. The Kier molecular flexibility index (Phi) is 9.52. The zero-order valence-corrected chi connectivity index (χ0v) is 15.5. The highest BCUT2D eigenvalue weighted by Crippen LogP contribution is 2.25. The van der Waals surface area contributed by atoms with Crippen molar-refractivity contribution in [2.24, 2.45) is 11.7 Å². The van der Waals surface area contributed by atoms with Crippen LogP contribution in [0.3, 0.4) is 0 Å². The molecule has 1 unspecified atom stereocenters. The van der Waals surface area contributed by atoms with Gasteiger partial charge in [-0.05, 0) is 24.5 Å². The minimum atomic E-state index is -3.71. The summed E-state index contributed by atoms with van der Waals surface area (Å²) in [5.41, 5.74) is 5.58. The van der Waals surface area contributed by atoms with E-state index in [1.165, 1.54) is 12.1 Å². The lowest BCUT2D eigenvalue weighted by Gasteiger charge is -2.18. The van der Waals surface area contributed by atoms with E-state index in [0.29, 0.717) is 16.8 Å². The molecule has 128 valence electrons. The van der Waals surface area contributed by atoms with Gasteiger partial charge in [-0.2, -0.15) is 0 Å². The number of carbonyl (C=O) groups is 1. The summed E-state index contributed by atoms with van der Waals surface area (Å²) in [6.07, 6.45) is 0.746. The van der Waals surface area contributed by atoms with Crippen molar-refractivity contribution in [3.05, 3.63) is 16.5 Å². The highest BCUT2D eigenvalue weighted by atomic mass is 35.5. The molecule has 0 aliphatic carbocycles. The molecule has 6 nitrogen and oxygen atoms in total. The highest BCUT2D eigenvalue weighted by Gasteiger charge is 2.19. The summed E-state index contributed by atoms with van der Waals surface area (Å²) < 4.78 is 26.5. The van der Waals surface area contributed by atoms with Crippen LogP contribution in [-0.4, -0.2) is 33.5 Å². The Labute approximate surface area is 146 Å². The number of amides is 1. The minimum Gasteiger partial charge on any atom is -0.351 e. The summed E-state index contributed by atoms with van der Waals surface area (Å²) in [5.74, 6) is -0.0128. The molecule has 0 aliphatic heterocycles. The standard InChI is InChI=1S/C12H20ClN3O3S2.ClH/c1-8(2)5-9(6-14)16-11(17)7-15-21(18,19)12-4-3-10(13)20-12;/h3-4,8-9,15H,5-7,14H2,1-2H3,(H,16,17);1H.